The van der Waals surface area contributed by atoms with Gasteiger partial charge in [-0.05, 0) is 36.4 Å². The number of ether oxygens (including phenoxy) is 2. The summed E-state index contributed by atoms with van der Waals surface area (Å²) in [5.74, 6) is -0.584. The number of hydrogen-bond acceptors (Lipinski definition) is 5. The fraction of sp³-hybridized carbons (Fsp3) is 0.0909. The van der Waals surface area contributed by atoms with Crippen molar-refractivity contribution >= 4 is 65.0 Å². The summed E-state index contributed by atoms with van der Waals surface area (Å²) < 4.78 is 25.2. The predicted molar refractivity (Wildman–Crippen MR) is 131 cm³/mol. The summed E-state index contributed by atoms with van der Waals surface area (Å²) in [5.41, 5.74) is 0.722. The van der Waals surface area contributed by atoms with E-state index in [0.717, 1.165) is 4.31 Å². The molecule has 0 bridgehead atoms. The van der Waals surface area contributed by atoms with Crippen LogP contribution in [0.3, 0.4) is 0 Å². The number of halogens is 3. The minimum atomic E-state index is -0.650. The second kappa shape index (κ2) is 10.7. The lowest BCUT2D eigenvalue weighted by Crippen LogP contribution is -2.27. The van der Waals surface area contributed by atoms with Crippen LogP contribution in [0.5, 0.6) is 11.5 Å². The minimum Gasteiger partial charge on any atom is -0.495 e. The number of urea groups is 1. The van der Waals surface area contributed by atoms with Crippen molar-refractivity contribution in [2.45, 2.75) is 0 Å². The van der Waals surface area contributed by atoms with Crippen LogP contribution in [0, 0.1) is 5.82 Å². The molecular formula is C22H18Cl2FN3O4S. The van der Waals surface area contributed by atoms with Crippen molar-refractivity contribution in [1.82, 2.24) is 0 Å². The molecule has 0 radical (unpaired) electrons. The van der Waals surface area contributed by atoms with Crippen LogP contribution in [0.1, 0.15) is 10.4 Å². The number of methoxy groups -OCH3 is 2. The summed E-state index contributed by atoms with van der Waals surface area (Å²) >= 11 is 16.6. The molecule has 33 heavy (non-hydrogen) atoms. The quantitative estimate of drug-likeness (QED) is 0.341. The molecular weight excluding hydrogens is 492 g/mol. The highest BCUT2D eigenvalue weighted by molar-refractivity contribution is 7.82. The molecule has 0 aliphatic carbocycles. The molecule has 172 valence electrons. The number of thiol groups is 1. The Morgan fingerprint density at radius 1 is 0.939 bits per heavy atom. The Bertz CT molecular complexity index is 1210. The molecule has 7 nitrogen and oxygen atoms in total. The second-order valence-electron chi connectivity index (χ2n) is 6.53. The molecule has 3 amide bonds. The molecule has 0 spiro atoms. The van der Waals surface area contributed by atoms with Crippen LogP contribution in [0.4, 0.5) is 26.2 Å². The number of amides is 3. The Morgan fingerprint density at radius 3 is 2.27 bits per heavy atom. The van der Waals surface area contributed by atoms with Crippen molar-refractivity contribution < 1.29 is 23.5 Å². The molecule has 0 fully saturated rings. The van der Waals surface area contributed by atoms with Crippen molar-refractivity contribution in [3.63, 3.8) is 0 Å². The number of hydrogen-bond donors (Lipinski definition) is 3. The Hall–Kier alpha value is -3.14. The third-order valence-corrected chi connectivity index (χ3v) is 5.46. The molecule has 11 heteroatoms. The maximum Gasteiger partial charge on any atom is 0.336 e. The van der Waals surface area contributed by atoms with E-state index in [9.17, 15) is 14.0 Å². The number of carbonyl (C=O) groups is 2. The monoisotopic (exact) mass is 509 g/mol. The van der Waals surface area contributed by atoms with Gasteiger partial charge in [0.2, 0.25) is 0 Å². The van der Waals surface area contributed by atoms with Gasteiger partial charge >= 0.3 is 6.03 Å². The van der Waals surface area contributed by atoms with Crippen molar-refractivity contribution in [3.05, 3.63) is 76.0 Å². The van der Waals surface area contributed by atoms with E-state index in [2.05, 4.69) is 23.4 Å². The van der Waals surface area contributed by atoms with Crippen LogP contribution in [0.2, 0.25) is 10.0 Å². The highest BCUT2D eigenvalue weighted by Gasteiger charge is 2.19. The molecule has 3 aromatic carbocycles. The van der Waals surface area contributed by atoms with E-state index >= 15 is 0 Å². The van der Waals surface area contributed by atoms with E-state index in [0.29, 0.717) is 17.2 Å². The van der Waals surface area contributed by atoms with E-state index in [-0.39, 0.29) is 27.0 Å². The normalized spacial score (nSPS) is 10.4. The van der Waals surface area contributed by atoms with Gasteiger partial charge in [0, 0.05) is 11.8 Å². The summed E-state index contributed by atoms with van der Waals surface area (Å²) in [6.45, 7) is 0. The fourth-order valence-corrected chi connectivity index (χ4v) is 3.62. The van der Waals surface area contributed by atoms with Crippen LogP contribution in [-0.2, 0) is 0 Å². The number of nitrogens with zero attached hydrogens (tertiary/aromatic N) is 1. The number of carbonyl (C=O) groups excluding carboxylic acids is 2. The van der Waals surface area contributed by atoms with Gasteiger partial charge in [-0.1, -0.05) is 48.1 Å². The number of rotatable bonds is 6. The smallest absolute Gasteiger partial charge is 0.336 e. The van der Waals surface area contributed by atoms with E-state index in [1.165, 1.54) is 62.8 Å². The van der Waals surface area contributed by atoms with Gasteiger partial charge in [0.05, 0.1) is 41.2 Å². The molecule has 0 saturated heterocycles. The first-order chi connectivity index (χ1) is 15.7. The summed E-state index contributed by atoms with van der Waals surface area (Å²) in [5, 5.41) is 5.57. The van der Waals surface area contributed by atoms with E-state index < -0.39 is 17.8 Å². The molecule has 0 unspecified atom stereocenters. The van der Waals surface area contributed by atoms with Gasteiger partial charge in [-0.15, -0.1) is 0 Å². The maximum absolute atomic E-state index is 13.8. The maximum atomic E-state index is 13.8. The van der Waals surface area contributed by atoms with Gasteiger partial charge in [0.1, 0.15) is 17.3 Å². The van der Waals surface area contributed by atoms with Gasteiger partial charge in [-0.3, -0.25) is 4.79 Å². The molecule has 0 aliphatic heterocycles. The summed E-state index contributed by atoms with van der Waals surface area (Å²) in [6.07, 6.45) is 0. The molecule has 0 atom stereocenters. The van der Waals surface area contributed by atoms with Crippen molar-refractivity contribution in [3.8, 4) is 11.5 Å². The molecule has 3 rings (SSSR count). The van der Waals surface area contributed by atoms with Crippen LogP contribution in [-0.4, -0.2) is 26.2 Å². The highest BCUT2D eigenvalue weighted by atomic mass is 35.5. The van der Waals surface area contributed by atoms with Gasteiger partial charge in [-0.25, -0.2) is 13.5 Å². The average molecular weight is 510 g/mol. The van der Waals surface area contributed by atoms with Gasteiger partial charge in [0.15, 0.2) is 0 Å². The van der Waals surface area contributed by atoms with Gasteiger partial charge < -0.3 is 20.1 Å². The first kappa shape index (κ1) is 24.5. The Kier molecular flexibility index (Phi) is 7.91. The number of benzene rings is 3. The van der Waals surface area contributed by atoms with Crippen molar-refractivity contribution in [1.29, 1.82) is 0 Å². The van der Waals surface area contributed by atoms with Crippen LogP contribution >= 0.6 is 36.0 Å². The zero-order valence-electron chi connectivity index (χ0n) is 17.4. The Balaban J connectivity index is 1.76. The third kappa shape index (κ3) is 5.62. The predicted octanol–water partition coefficient (Wildman–Crippen LogP) is 6.29. The molecule has 2 N–H and O–H groups in total. The Morgan fingerprint density at radius 2 is 1.64 bits per heavy atom. The highest BCUT2D eigenvalue weighted by Crippen LogP contribution is 2.37. The van der Waals surface area contributed by atoms with Crippen molar-refractivity contribution in [2.24, 2.45) is 0 Å². The molecule has 0 saturated carbocycles. The van der Waals surface area contributed by atoms with Crippen LogP contribution in [0.15, 0.2) is 54.6 Å². The minimum absolute atomic E-state index is 0.111. The lowest BCUT2D eigenvalue weighted by Gasteiger charge is -2.20. The fourth-order valence-electron chi connectivity index (χ4n) is 2.84. The first-order valence-corrected chi connectivity index (χ1v) is 10.5. The van der Waals surface area contributed by atoms with Crippen LogP contribution < -0.4 is 24.4 Å². The number of anilines is 3. The van der Waals surface area contributed by atoms with Crippen LogP contribution in [0.25, 0.3) is 0 Å². The lowest BCUT2D eigenvalue weighted by molar-refractivity contribution is 0.102. The topological polar surface area (TPSA) is 79.9 Å². The standard InChI is InChI=1S/C22H18Cl2FN3O4S/c1-31-19-11-20(32-2)17(10-15(19)24)27-22(30)28(33)18-8-7-12(9-14(18)23)26-21(29)13-5-3-4-6-16(13)25/h3-11,33H,1-2H3,(H,26,29)(H,27,30). The van der Waals surface area contributed by atoms with Gasteiger partial charge in [0.25, 0.3) is 5.91 Å². The lowest BCUT2D eigenvalue weighted by atomic mass is 10.2. The van der Waals surface area contributed by atoms with E-state index in [1.54, 1.807) is 6.07 Å². The Labute approximate surface area is 204 Å². The summed E-state index contributed by atoms with van der Waals surface area (Å²) in [4.78, 5) is 25.0. The number of nitrogens with one attached hydrogen (secondary N) is 2. The largest absolute Gasteiger partial charge is 0.495 e. The first-order valence-electron chi connectivity index (χ1n) is 9.32. The second-order valence-corrected chi connectivity index (χ2v) is 7.74. The van der Waals surface area contributed by atoms with E-state index in [1.807, 2.05) is 0 Å². The SMILES string of the molecule is COc1cc(OC)c(NC(=O)N(S)c2ccc(NC(=O)c3ccccc3F)cc2Cl)cc1Cl. The summed E-state index contributed by atoms with van der Waals surface area (Å²) in [7, 11) is 2.89. The van der Waals surface area contributed by atoms with Gasteiger partial charge in [-0.2, -0.15) is 0 Å². The molecule has 3 aromatic rings. The van der Waals surface area contributed by atoms with Crippen molar-refractivity contribution in [2.75, 3.05) is 29.2 Å². The molecule has 0 aromatic heterocycles. The zero-order valence-corrected chi connectivity index (χ0v) is 19.8. The molecule has 0 heterocycles. The molecule has 0 aliphatic rings. The van der Waals surface area contributed by atoms with E-state index in [4.69, 9.17) is 32.7 Å². The zero-order chi connectivity index (χ0) is 24.1. The summed E-state index contributed by atoms with van der Waals surface area (Å²) in [6, 6.07) is 12.3. The third-order valence-electron chi connectivity index (χ3n) is 4.46. The average Bonchev–Trinajstić information content (AvgIpc) is 2.79.